The van der Waals surface area contributed by atoms with Crippen molar-refractivity contribution in [1.82, 2.24) is 10.6 Å². The molecule has 28 heavy (non-hydrogen) atoms. The average Bonchev–Trinajstić information content (AvgIpc) is 3.10. The number of rotatable bonds is 4. The zero-order chi connectivity index (χ0) is 19.3. The van der Waals surface area contributed by atoms with Gasteiger partial charge in [0.1, 0.15) is 5.75 Å². The van der Waals surface area contributed by atoms with Gasteiger partial charge in [0, 0.05) is 48.6 Å². The first-order chi connectivity index (χ1) is 13.7. The van der Waals surface area contributed by atoms with E-state index >= 15 is 0 Å². The zero-order valence-electron chi connectivity index (χ0n) is 16.0. The molecule has 7 nitrogen and oxygen atoms in total. The van der Waals surface area contributed by atoms with Crippen LogP contribution >= 0.6 is 0 Å². The average molecular weight is 386 g/mol. The van der Waals surface area contributed by atoms with Gasteiger partial charge in [0.15, 0.2) is 0 Å². The van der Waals surface area contributed by atoms with Crippen molar-refractivity contribution in [3.8, 4) is 5.75 Å². The first kappa shape index (κ1) is 17.9. The first-order valence-corrected chi connectivity index (χ1v) is 10.2. The molecule has 5 atom stereocenters. The predicted molar refractivity (Wildman–Crippen MR) is 101 cm³/mol. The molecule has 3 aliphatic heterocycles. The Bertz CT molecular complexity index is 794. The van der Waals surface area contributed by atoms with Crippen LogP contribution in [0.3, 0.4) is 0 Å². The minimum absolute atomic E-state index is 0.127. The zero-order valence-corrected chi connectivity index (χ0v) is 16.0. The van der Waals surface area contributed by atoms with Gasteiger partial charge in [-0.25, -0.2) is 0 Å². The quantitative estimate of drug-likeness (QED) is 0.815. The molecule has 3 fully saturated rings. The van der Waals surface area contributed by atoms with E-state index in [-0.39, 0.29) is 23.8 Å². The fourth-order valence-corrected chi connectivity index (χ4v) is 4.95. The lowest BCUT2D eigenvalue weighted by Gasteiger charge is -2.26. The highest BCUT2D eigenvalue weighted by molar-refractivity contribution is 6.02. The molecule has 150 valence electrons. The molecule has 2 amide bonds. The maximum absolute atomic E-state index is 12.9. The molecule has 1 aliphatic carbocycles. The van der Waals surface area contributed by atoms with Crippen LogP contribution in [0.5, 0.6) is 5.75 Å². The number of fused-ring (bicyclic) bond motifs is 2. The summed E-state index contributed by atoms with van der Waals surface area (Å²) in [4.78, 5) is 25.4. The van der Waals surface area contributed by atoms with Gasteiger partial charge in [-0.1, -0.05) is 0 Å². The molecular weight excluding hydrogens is 360 g/mol. The smallest absolute Gasteiger partial charge is 0.254 e. The van der Waals surface area contributed by atoms with Gasteiger partial charge in [-0.15, -0.1) is 0 Å². The number of ether oxygens (including phenoxy) is 3. The Morgan fingerprint density at radius 2 is 1.86 bits per heavy atom. The van der Waals surface area contributed by atoms with Crippen LogP contribution in [-0.4, -0.2) is 57.9 Å². The van der Waals surface area contributed by atoms with Crippen LogP contribution in [0.4, 0.5) is 0 Å². The summed E-state index contributed by atoms with van der Waals surface area (Å²) in [6.07, 6.45) is 2.11. The number of benzene rings is 1. The van der Waals surface area contributed by atoms with Gasteiger partial charge in [-0.3, -0.25) is 9.59 Å². The number of carbonyl (C=O) groups excluding carboxylic acids is 2. The SMILES string of the molecule is CNC(=O)c1cc(C(=O)N[C@H]2[C@@H]3COC[C@@H]32)cc2c1OCC2C1CCCOC1. The van der Waals surface area contributed by atoms with Crippen molar-refractivity contribution in [3.05, 3.63) is 28.8 Å². The standard InChI is InChI=1S/C21H26N2O5/c1-22-21(25)14-6-12(20(24)23-18-16-8-27-9-17(16)18)5-13-15(10-28-19(13)14)11-3-2-4-26-7-11/h5-6,11,15-18H,2-4,7-10H2,1H3,(H,22,25)(H,23,24)/t11?,15?,16-,17+,18+. The molecule has 1 aromatic carbocycles. The largest absolute Gasteiger partial charge is 0.492 e. The van der Waals surface area contributed by atoms with E-state index in [2.05, 4.69) is 10.6 Å². The second-order valence-corrected chi connectivity index (χ2v) is 8.28. The van der Waals surface area contributed by atoms with Crippen LogP contribution < -0.4 is 15.4 Å². The number of hydrogen-bond acceptors (Lipinski definition) is 5. The summed E-state index contributed by atoms with van der Waals surface area (Å²) in [7, 11) is 1.59. The van der Waals surface area contributed by atoms with Crippen molar-refractivity contribution in [3.63, 3.8) is 0 Å². The fraction of sp³-hybridized carbons (Fsp3) is 0.619. The second kappa shape index (κ2) is 7.04. The molecule has 3 heterocycles. The van der Waals surface area contributed by atoms with Crippen molar-refractivity contribution >= 4 is 11.8 Å². The van der Waals surface area contributed by atoms with Crippen molar-refractivity contribution in [2.75, 3.05) is 40.1 Å². The van der Waals surface area contributed by atoms with Crippen LogP contribution in [0.2, 0.25) is 0 Å². The van der Waals surface area contributed by atoms with Gasteiger partial charge >= 0.3 is 0 Å². The fourth-order valence-electron chi connectivity index (χ4n) is 4.95. The molecule has 0 spiro atoms. The summed E-state index contributed by atoms with van der Waals surface area (Å²) >= 11 is 0. The van der Waals surface area contributed by atoms with Gasteiger partial charge in [-0.05, 0) is 30.9 Å². The molecule has 0 aromatic heterocycles. The summed E-state index contributed by atoms with van der Waals surface area (Å²) < 4.78 is 17.0. The lowest BCUT2D eigenvalue weighted by atomic mass is 9.83. The number of carbonyl (C=O) groups is 2. The minimum atomic E-state index is -0.233. The molecule has 2 unspecified atom stereocenters. The third-order valence-electron chi connectivity index (χ3n) is 6.67. The van der Waals surface area contributed by atoms with Crippen molar-refractivity contribution in [2.24, 2.45) is 17.8 Å². The topological polar surface area (TPSA) is 85.9 Å². The molecule has 2 N–H and O–H groups in total. The predicted octanol–water partition coefficient (Wildman–Crippen LogP) is 1.32. The van der Waals surface area contributed by atoms with Crippen LogP contribution in [-0.2, 0) is 9.47 Å². The number of hydrogen-bond donors (Lipinski definition) is 2. The van der Waals surface area contributed by atoms with E-state index in [0.717, 1.165) is 38.2 Å². The van der Waals surface area contributed by atoms with Crippen LogP contribution in [0, 0.1) is 17.8 Å². The maximum atomic E-state index is 12.9. The molecular formula is C21H26N2O5. The van der Waals surface area contributed by atoms with Gasteiger partial charge in [0.25, 0.3) is 11.8 Å². The lowest BCUT2D eigenvalue weighted by Crippen LogP contribution is -2.30. The van der Waals surface area contributed by atoms with Crippen molar-refractivity contribution in [2.45, 2.75) is 24.8 Å². The summed E-state index contributed by atoms with van der Waals surface area (Å²) in [5, 5.41) is 5.79. The Morgan fingerprint density at radius 3 is 2.57 bits per heavy atom. The molecule has 1 saturated carbocycles. The Labute approximate surface area is 164 Å². The monoisotopic (exact) mass is 386 g/mol. The summed E-state index contributed by atoms with van der Waals surface area (Å²) in [5.41, 5.74) is 1.92. The van der Waals surface area contributed by atoms with E-state index in [1.807, 2.05) is 6.07 Å². The Morgan fingerprint density at radius 1 is 1.04 bits per heavy atom. The van der Waals surface area contributed by atoms with Gasteiger partial charge in [0.05, 0.1) is 32.0 Å². The van der Waals surface area contributed by atoms with E-state index in [1.165, 1.54) is 0 Å². The molecule has 5 rings (SSSR count). The van der Waals surface area contributed by atoms with E-state index in [1.54, 1.807) is 13.1 Å². The van der Waals surface area contributed by atoms with Crippen LogP contribution in [0.15, 0.2) is 12.1 Å². The minimum Gasteiger partial charge on any atom is -0.492 e. The van der Waals surface area contributed by atoms with E-state index in [0.29, 0.717) is 47.8 Å². The first-order valence-electron chi connectivity index (χ1n) is 10.2. The summed E-state index contributed by atoms with van der Waals surface area (Å²) in [6.45, 7) is 3.48. The number of amides is 2. The molecule has 7 heteroatoms. The van der Waals surface area contributed by atoms with E-state index in [9.17, 15) is 9.59 Å². The Balaban J connectivity index is 1.44. The molecule has 2 saturated heterocycles. The summed E-state index contributed by atoms with van der Waals surface area (Å²) in [5.74, 6) is 1.63. The highest BCUT2D eigenvalue weighted by atomic mass is 16.5. The maximum Gasteiger partial charge on any atom is 0.254 e. The second-order valence-electron chi connectivity index (χ2n) is 8.28. The van der Waals surface area contributed by atoms with Gasteiger partial charge in [0.2, 0.25) is 0 Å². The van der Waals surface area contributed by atoms with Gasteiger partial charge < -0.3 is 24.8 Å². The van der Waals surface area contributed by atoms with Crippen molar-refractivity contribution < 1.29 is 23.8 Å². The van der Waals surface area contributed by atoms with Crippen LogP contribution in [0.25, 0.3) is 0 Å². The highest BCUT2D eigenvalue weighted by Gasteiger charge is 2.54. The highest BCUT2D eigenvalue weighted by Crippen LogP contribution is 2.45. The summed E-state index contributed by atoms with van der Waals surface area (Å²) in [6, 6.07) is 3.76. The van der Waals surface area contributed by atoms with Crippen molar-refractivity contribution in [1.29, 1.82) is 0 Å². The number of nitrogens with one attached hydrogen (secondary N) is 2. The van der Waals surface area contributed by atoms with Gasteiger partial charge in [-0.2, -0.15) is 0 Å². The Kier molecular flexibility index (Phi) is 4.51. The lowest BCUT2D eigenvalue weighted by molar-refractivity contribution is 0.0410. The van der Waals surface area contributed by atoms with E-state index < -0.39 is 0 Å². The Hall–Kier alpha value is -2.12. The van der Waals surface area contributed by atoms with Crippen LogP contribution in [0.1, 0.15) is 45.0 Å². The molecule has 0 radical (unpaired) electrons. The molecule has 4 aliphatic rings. The normalized spacial score (nSPS) is 32.8. The molecule has 1 aromatic rings. The molecule has 0 bridgehead atoms. The third kappa shape index (κ3) is 2.97. The third-order valence-corrected chi connectivity index (χ3v) is 6.67. The van der Waals surface area contributed by atoms with E-state index in [4.69, 9.17) is 14.2 Å².